The van der Waals surface area contributed by atoms with E-state index in [-0.39, 0.29) is 6.01 Å². The third kappa shape index (κ3) is 1.41. The Morgan fingerprint density at radius 3 is 2.62 bits per heavy atom. The van der Waals surface area contributed by atoms with Gasteiger partial charge in [-0.25, -0.2) is 0 Å². The third-order valence-electron chi connectivity index (χ3n) is 1.44. The lowest BCUT2D eigenvalue weighted by Crippen LogP contribution is -1.77. The van der Waals surface area contributed by atoms with E-state index in [4.69, 9.17) is 9.95 Å². The number of nitrogens with zero attached hydrogens (tertiary/aromatic N) is 4. The lowest BCUT2D eigenvalue weighted by molar-refractivity contribution is 0.570. The minimum atomic E-state index is -0.0492. The average molecular weight is 175 g/mol. The zero-order chi connectivity index (χ0) is 9.10. The van der Waals surface area contributed by atoms with Gasteiger partial charge in [-0.1, -0.05) is 10.2 Å². The Morgan fingerprint density at radius 2 is 2.00 bits per heavy atom. The zero-order valence-electron chi connectivity index (χ0n) is 6.51. The van der Waals surface area contributed by atoms with Gasteiger partial charge in [-0.3, -0.25) is 4.98 Å². The second-order valence-electron chi connectivity index (χ2n) is 2.24. The summed E-state index contributed by atoms with van der Waals surface area (Å²) in [4.78, 5) is 3.85. The quantitative estimate of drug-likeness (QED) is 0.704. The molecule has 6 heteroatoms. The summed E-state index contributed by atoms with van der Waals surface area (Å²) in [7, 11) is 0. The second kappa shape index (κ2) is 3.10. The Hall–Kier alpha value is -2.11. The zero-order valence-corrected chi connectivity index (χ0v) is 6.51. The average Bonchev–Trinajstić information content (AvgIpc) is 2.67. The van der Waals surface area contributed by atoms with Crippen molar-refractivity contribution >= 4 is 6.01 Å². The highest BCUT2D eigenvalue weighted by Gasteiger charge is 2.05. The number of hydrogen-bond acceptors (Lipinski definition) is 6. The molecule has 0 aliphatic heterocycles. The molecule has 0 aliphatic carbocycles. The van der Waals surface area contributed by atoms with E-state index in [1.54, 1.807) is 24.5 Å². The predicted molar refractivity (Wildman–Crippen MR) is 42.3 cm³/mol. The maximum atomic E-state index is 6.64. The highest BCUT2D eigenvalue weighted by Crippen LogP contribution is 2.19. The maximum absolute atomic E-state index is 6.64. The molecule has 2 aromatic heterocycles. The molecule has 0 amide bonds. The molecule has 64 valence electrons. The Labute approximate surface area is 73.1 Å². The molecule has 0 unspecified atom stereocenters. The molecule has 0 saturated carbocycles. The monoisotopic (exact) mass is 175 g/mol. The summed E-state index contributed by atoms with van der Waals surface area (Å²) in [5, 5.41) is 10.2. The standard InChI is InChI=1S/C7H5N5O/c8-10-7-12-11-6(13-7)5-1-3-9-4-2-5/h1-4,8H. The summed E-state index contributed by atoms with van der Waals surface area (Å²) >= 11 is 0. The molecule has 0 radical (unpaired) electrons. The Bertz CT molecular complexity index is 410. The number of rotatable bonds is 2. The van der Waals surface area contributed by atoms with Crippen LogP contribution in [-0.2, 0) is 0 Å². The number of nitrogens with one attached hydrogen (secondary N) is 1. The van der Waals surface area contributed by atoms with Crippen LogP contribution in [0.1, 0.15) is 0 Å². The van der Waals surface area contributed by atoms with E-state index in [2.05, 4.69) is 20.3 Å². The molecule has 0 spiro atoms. The largest absolute Gasteiger partial charge is 0.401 e. The van der Waals surface area contributed by atoms with Gasteiger partial charge in [0.15, 0.2) is 0 Å². The smallest absolute Gasteiger partial charge is 0.361 e. The van der Waals surface area contributed by atoms with Gasteiger partial charge in [-0.2, -0.15) is 5.53 Å². The molecular formula is C7H5N5O. The van der Waals surface area contributed by atoms with E-state index in [0.29, 0.717) is 5.89 Å². The van der Waals surface area contributed by atoms with Gasteiger partial charge in [0.2, 0.25) is 5.89 Å². The van der Waals surface area contributed by atoms with Gasteiger partial charge in [-0.15, -0.1) is 5.10 Å². The fourth-order valence-corrected chi connectivity index (χ4v) is 0.872. The van der Waals surface area contributed by atoms with Gasteiger partial charge in [0.1, 0.15) is 0 Å². The number of aromatic nitrogens is 3. The van der Waals surface area contributed by atoms with Crippen LogP contribution in [-0.4, -0.2) is 15.2 Å². The molecule has 0 saturated heterocycles. The Morgan fingerprint density at radius 1 is 1.23 bits per heavy atom. The van der Waals surface area contributed by atoms with Crippen LogP contribution in [0.2, 0.25) is 0 Å². The lowest BCUT2D eigenvalue weighted by atomic mass is 10.3. The highest BCUT2D eigenvalue weighted by molar-refractivity contribution is 5.51. The van der Waals surface area contributed by atoms with Crippen LogP contribution in [0.5, 0.6) is 0 Å². The molecule has 2 rings (SSSR count). The molecule has 2 aromatic rings. The van der Waals surface area contributed by atoms with Gasteiger partial charge in [0, 0.05) is 18.0 Å². The molecular weight excluding hydrogens is 170 g/mol. The first-order valence-electron chi connectivity index (χ1n) is 3.51. The first-order chi connectivity index (χ1) is 6.40. The van der Waals surface area contributed by atoms with Crippen LogP contribution in [0.25, 0.3) is 11.5 Å². The van der Waals surface area contributed by atoms with Gasteiger partial charge < -0.3 is 4.42 Å². The molecule has 1 N–H and O–H groups in total. The summed E-state index contributed by atoms with van der Waals surface area (Å²) in [5.74, 6) is 0.341. The fraction of sp³-hybridized carbons (Fsp3) is 0. The Balaban J connectivity index is 2.41. The lowest BCUT2D eigenvalue weighted by Gasteiger charge is -1.89. The molecule has 0 aromatic carbocycles. The van der Waals surface area contributed by atoms with Crippen LogP contribution in [0.4, 0.5) is 6.01 Å². The van der Waals surface area contributed by atoms with Crippen molar-refractivity contribution in [2.24, 2.45) is 5.11 Å². The summed E-state index contributed by atoms with van der Waals surface area (Å²) in [5.41, 5.74) is 7.40. The summed E-state index contributed by atoms with van der Waals surface area (Å²) < 4.78 is 5.01. The van der Waals surface area contributed by atoms with Crippen molar-refractivity contribution in [3.05, 3.63) is 24.5 Å². The van der Waals surface area contributed by atoms with Crippen molar-refractivity contribution in [3.63, 3.8) is 0 Å². The number of pyridine rings is 1. The molecule has 6 nitrogen and oxygen atoms in total. The predicted octanol–water partition coefficient (Wildman–Crippen LogP) is 1.79. The van der Waals surface area contributed by atoms with Crippen molar-refractivity contribution < 1.29 is 4.42 Å². The van der Waals surface area contributed by atoms with E-state index in [1.165, 1.54) is 0 Å². The van der Waals surface area contributed by atoms with Crippen molar-refractivity contribution in [2.45, 2.75) is 0 Å². The van der Waals surface area contributed by atoms with E-state index in [1.807, 2.05) is 0 Å². The molecule has 0 aliphatic rings. The van der Waals surface area contributed by atoms with Crippen LogP contribution >= 0.6 is 0 Å². The molecule has 0 bridgehead atoms. The van der Waals surface area contributed by atoms with Crippen molar-refractivity contribution in [2.75, 3.05) is 0 Å². The highest BCUT2D eigenvalue weighted by atomic mass is 16.4. The topological polar surface area (TPSA) is 88.0 Å². The van der Waals surface area contributed by atoms with E-state index in [0.717, 1.165) is 5.56 Å². The van der Waals surface area contributed by atoms with Crippen molar-refractivity contribution in [1.82, 2.24) is 15.2 Å². The van der Waals surface area contributed by atoms with Gasteiger partial charge in [0.25, 0.3) is 0 Å². The van der Waals surface area contributed by atoms with E-state index in [9.17, 15) is 0 Å². The van der Waals surface area contributed by atoms with Gasteiger partial charge in [-0.05, 0) is 12.1 Å². The van der Waals surface area contributed by atoms with Crippen LogP contribution in [0, 0.1) is 5.53 Å². The molecule has 2 heterocycles. The minimum absolute atomic E-state index is 0.0492. The molecule has 13 heavy (non-hydrogen) atoms. The first kappa shape index (κ1) is 7.53. The summed E-state index contributed by atoms with van der Waals surface area (Å²) in [6.45, 7) is 0. The van der Waals surface area contributed by atoms with Crippen molar-refractivity contribution in [3.8, 4) is 11.5 Å². The van der Waals surface area contributed by atoms with Crippen LogP contribution < -0.4 is 0 Å². The first-order valence-corrected chi connectivity index (χ1v) is 3.51. The summed E-state index contributed by atoms with van der Waals surface area (Å²) in [6.07, 6.45) is 3.24. The third-order valence-corrected chi connectivity index (χ3v) is 1.44. The fourth-order valence-electron chi connectivity index (χ4n) is 0.872. The molecule has 0 atom stereocenters. The van der Waals surface area contributed by atoms with Gasteiger partial charge in [0.05, 0.1) is 0 Å². The molecule has 0 fully saturated rings. The normalized spacial score (nSPS) is 9.85. The van der Waals surface area contributed by atoms with Crippen molar-refractivity contribution in [1.29, 1.82) is 5.53 Å². The Kier molecular flexibility index (Phi) is 1.79. The second-order valence-corrected chi connectivity index (χ2v) is 2.24. The van der Waals surface area contributed by atoms with Crippen LogP contribution in [0.15, 0.2) is 34.1 Å². The van der Waals surface area contributed by atoms with E-state index < -0.39 is 0 Å². The van der Waals surface area contributed by atoms with Crippen LogP contribution in [0.3, 0.4) is 0 Å². The minimum Gasteiger partial charge on any atom is -0.401 e. The number of hydrogen-bond donors (Lipinski definition) is 1. The summed E-state index contributed by atoms with van der Waals surface area (Å²) in [6, 6.07) is 3.43. The van der Waals surface area contributed by atoms with Gasteiger partial charge >= 0.3 is 6.01 Å². The SMILES string of the molecule is N=Nc1nnc(-c2ccncc2)o1. The maximum Gasteiger partial charge on any atom is 0.361 e. The van der Waals surface area contributed by atoms with E-state index >= 15 is 0 Å².